The third-order valence-electron chi connectivity index (χ3n) is 2.27. The summed E-state index contributed by atoms with van der Waals surface area (Å²) in [6.07, 6.45) is 1.43. The smallest absolute Gasteiger partial charge is 0.280 e. The Hall–Kier alpha value is -1.11. The van der Waals surface area contributed by atoms with E-state index in [1.165, 1.54) is 0 Å². The van der Waals surface area contributed by atoms with E-state index in [0.29, 0.717) is 12.8 Å². The van der Waals surface area contributed by atoms with E-state index in [-0.39, 0.29) is 12.2 Å². The lowest BCUT2D eigenvalue weighted by Crippen LogP contribution is -2.29. The molecule has 0 aliphatic rings. The monoisotopic (exact) mass is 245 g/mol. The summed E-state index contributed by atoms with van der Waals surface area (Å²) in [5.74, 6) is 0.193. The summed E-state index contributed by atoms with van der Waals surface area (Å²) in [6, 6.07) is 6.65. The van der Waals surface area contributed by atoms with E-state index in [2.05, 4.69) is 0 Å². The zero-order valence-corrected chi connectivity index (χ0v) is 9.52. The lowest BCUT2D eigenvalue weighted by molar-refractivity contribution is 0.461. The molecule has 1 aromatic rings. The highest BCUT2D eigenvalue weighted by Gasteiger charge is 2.16. The number of rotatable bonds is 5. The topological polar surface area (TPSA) is 101 Å². The molecule has 1 atom stereocenters. The first kappa shape index (κ1) is 13.0. The van der Waals surface area contributed by atoms with Crippen LogP contribution in [0.15, 0.2) is 24.3 Å². The number of hydrogen-bond acceptors (Lipinski definition) is 4. The molecular weight excluding hydrogens is 230 g/mol. The van der Waals surface area contributed by atoms with Crippen molar-refractivity contribution in [3.8, 4) is 5.75 Å². The van der Waals surface area contributed by atoms with Crippen LogP contribution in [0.1, 0.15) is 18.4 Å². The van der Waals surface area contributed by atoms with Gasteiger partial charge in [0.15, 0.2) is 0 Å². The first-order valence-corrected chi connectivity index (χ1v) is 6.39. The Morgan fingerprint density at radius 3 is 2.31 bits per heavy atom. The van der Waals surface area contributed by atoms with Crippen molar-refractivity contribution in [3.63, 3.8) is 0 Å². The van der Waals surface area contributed by atoms with Crippen LogP contribution in [0.3, 0.4) is 0 Å². The lowest BCUT2D eigenvalue weighted by Gasteiger charge is -2.07. The number of aryl methyl sites for hydroxylation is 1. The van der Waals surface area contributed by atoms with Crippen molar-refractivity contribution in [2.75, 3.05) is 0 Å². The minimum absolute atomic E-state index is 0.193. The largest absolute Gasteiger partial charge is 0.508 e. The van der Waals surface area contributed by atoms with Gasteiger partial charge >= 0.3 is 0 Å². The Morgan fingerprint density at radius 1 is 1.25 bits per heavy atom. The van der Waals surface area contributed by atoms with Crippen LogP contribution in [0.5, 0.6) is 5.75 Å². The third-order valence-corrected chi connectivity index (χ3v) is 3.27. The van der Waals surface area contributed by atoms with Gasteiger partial charge in [-0.25, -0.2) is 0 Å². The number of phenolic OH excluding ortho intramolecular Hbond substituents is 1. The van der Waals surface area contributed by atoms with Crippen molar-refractivity contribution in [1.29, 1.82) is 0 Å². The fourth-order valence-electron chi connectivity index (χ4n) is 1.32. The fraction of sp³-hybridized carbons (Fsp3) is 0.400. The molecular formula is C10H15NO4S. The standard InChI is InChI=1S/C10H15NO4S/c11-10(16(13,14)15)3-1-2-8-4-6-9(12)7-5-8/h4-7,10,12H,1-3,11H2,(H,13,14,15). The van der Waals surface area contributed by atoms with E-state index in [9.17, 15) is 8.42 Å². The summed E-state index contributed by atoms with van der Waals surface area (Å²) in [6.45, 7) is 0. The van der Waals surface area contributed by atoms with E-state index in [0.717, 1.165) is 5.56 Å². The summed E-state index contributed by atoms with van der Waals surface area (Å²) < 4.78 is 29.9. The van der Waals surface area contributed by atoms with Gasteiger partial charge in [-0.1, -0.05) is 12.1 Å². The van der Waals surface area contributed by atoms with Crippen molar-refractivity contribution in [2.45, 2.75) is 24.6 Å². The van der Waals surface area contributed by atoms with Crippen LogP contribution < -0.4 is 5.73 Å². The van der Waals surface area contributed by atoms with Gasteiger partial charge in [-0.3, -0.25) is 4.55 Å². The molecule has 0 radical (unpaired) electrons. The lowest BCUT2D eigenvalue weighted by atomic mass is 10.1. The molecule has 1 unspecified atom stereocenters. The molecule has 90 valence electrons. The van der Waals surface area contributed by atoms with Gasteiger partial charge in [0.05, 0.1) is 0 Å². The number of aromatic hydroxyl groups is 1. The summed E-state index contributed by atoms with van der Waals surface area (Å²) in [5.41, 5.74) is 6.25. The van der Waals surface area contributed by atoms with Crippen LogP contribution in [0.2, 0.25) is 0 Å². The van der Waals surface area contributed by atoms with E-state index < -0.39 is 15.5 Å². The SMILES string of the molecule is NC(CCCc1ccc(O)cc1)S(=O)(=O)O. The van der Waals surface area contributed by atoms with Crippen LogP contribution in [0.4, 0.5) is 0 Å². The highest BCUT2D eigenvalue weighted by atomic mass is 32.2. The predicted molar refractivity (Wildman–Crippen MR) is 60.6 cm³/mol. The van der Waals surface area contributed by atoms with E-state index in [4.69, 9.17) is 15.4 Å². The van der Waals surface area contributed by atoms with Crippen LogP contribution in [-0.4, -0.2) is 23.5 Å². The van der Waals surface area contributed by atoms with Crippen LogP contribution in [0, 0.1) is 0 Å². The number of benzene rings is 1. The Balaban J connectivity index is 2.39. The molecule has 0 saturated heterocycles. The van der Waals surface area contributed by atoms with Crippen LogP contribution in [-0.2, 0) is 16.5 Å². The maximum atomic E-state index is 10.6. The van der Waals surface area contributed by atoms with E-state index >= 15 is 0 Å². The van der Waals surface area contributed by atoms with Gasteiger partial charge in [0.25, 0.3) is 10.1 Å². The minimum atomic E-state index is -4.13. The Morgan fingerprint density at radius 2 is 1.81 bits per heavy atom. The molecule has 0 aromatic heterocycles. The van der Waals surface area contributed by atoms with Gasteiger partial charge in [0.1, 0.15) is 11.1 Å². The maximum Gasteiger partial charge on any atom is 0.280 e. The molecule has 0 aliphatic heterocycles. The van der Waals surface area contributed by atoms with Crippen molar-refractivity contribution in [2.24, 2.45) is 5.73 Å². The second-order valence-corrected chi connectivity index (χ2v) is 5.25. The van der Waals surface area contributed by atoms with Gasteiger partial charge in [-0.15, -0.1) is 0 Å². The van der Waals surface area contributed by atoms with E-state index in [1.807, 2.05) is 0 Å². The van der Waals surface area contributed by atoms with Gasteiger partial charge in [0, 0.05) is 0 Å². The maximum absolute atomic E-state index is 10.6. The molecule has 1 rings (SSSR count). The molecule has 0 spiro atoms. The fourth-order valence-corrected chi connectivity index (χ4v) is 1.78. The van der Waals surface area contributed by atoms with Gasteiger partial charge < -0.3 is 10.8 Å². The highest BCUT2D eigenvalue weighted by Crippen LogP contribution is 2.12. The second kappa shape index (κ2) is 5.29. The molecule has 5 nitrogen and oxygen atoms in total. The molecule has 0 aliphatic carbocycles. The average Bonchev–Trinajstić information content (AvgIpc) is 2.19. The molecule has 0 fully saturated rings. The van der Waals surface area contributed by atoms with E-state index in [1.54, 1.807) is 24.3 Å². The highest BCUT2D eigenvalue weighted by molar-refractivity contribution is 7.86. The summed E-state index contributed by atoms with van der Waals surface area (Å²) in [7, 11) is -4.13. The van der Waals surface area contributed by atoms with Crippen molar-refractivity contribution in [1.82, 2.24) is 0 Å². The third kappa shape index (κ3) is 4.18. The summed E-state index contributed by atoms with van der Waals surface area (Å²) in [4.78, 5) is 0. The molecule has 0 saturated carbocycles. The zero-order chi connectivity index (χ0) is 12.2. The van der Waals surface area contributed by atoms with Gasteiger partial charge in [-0.2, -0.15) is 8.42 Å². The van der Waals surface area contributed by atoms with Crippen molar-refractivity contribution >= 4 is 10.1 Å². The molecule has 0 heterocycles. The first-order valence-electron chi connectivity index (χ1n) is 4.89. The normalized spacial score (nSPS) is 13.6. The van der Waals surface area contributed by atoms with Crippen LogP contribution >= 0.6 is 0 Å². The first-order chi connectivity index (χ1) is 7.39. The Kier molecular flexibility index (Phi) is 4.28. The molecule has 1 aromatic carbocycles. The number of phenols is 1. The van der Waals surface area contributed by atoms with Gasteiger partial charge in [0.2, 0.25) is 0 Å². The molecule has 6 heteroatoms. The number of hydrogen-bond donors (Lipinski definition) is 3. The summed E-state index contributed by atoms with van der Waals surface area (Å²) in [5, 5.41) is 7.83. The van der Waals surface area contributed by atoms with Crippen molar-refractivity contribution < 1.29 is 18.1 Å². The molecule has 16 heavy (non-hydrogen) atoms. The predicted octanol–water partition coefficient (Wildman–Crippen LogP) is 0.887. The molecule has 0 bridgehead atoms. The molecule has 0 amide bonds. The summed E-state index contributed by atoms with van der Waals surface area (Å²) >= 11 is 0. The average molecular weight is 245 g/mol. The molecule has 4 N–H and O–H groups in total. The quantitative estimate of drug-likeness (QED) is 0.669. The van der Waals surface area contributed by atoms with Crippen molar-refractivity contribution in [3.05, 3.63) is 29.8 Å². The zero-order valence-electron chi connectivity index (χ0n) is 8.70. The Bertz CT molecular complexity index is 427. The number of nitrogens with two attached hydrogens (primary N) is 1. The van der Waals surface area contributed by atoms with Gasteiger partial charge in [-0.05, 0) is 37.0 Å². The Labute approximate surface area is 94.7 Å². The minimum Gasteiger partial charge on any atom is -0.508 e. The van der Waals surface area contributed by atoms with Crippen LogP contribution in [0.25, 0.3) is 0 Å². The second-order valence-electron chi connectivity index (χ2n) is 3.61.